The van der Waals surface area contributed by atoms with E-state index in [0.29, 0.717) is 24.6 Å². The number of hydrogen-bond acceptors (Lipinski definition) is 6. The number of thiophene rings is 1. The number of amides is 1. The average molecular weight is 566 g/mol. The molecule has 2 aromatic carbocycles. The topological polar surface area (TPSA) is 79.4 Å². The first-order valence-corrected chi connectivity index (χ1v) is 16.4. The molecule has 3 heterocycles. The summed E-state index contributed by atoms with van der Waals surface area (Å²) in [5.41, 5.74) is 3.62. The lowest BCUT2D eigenvalue weighted by Crippen LogP contribution is -2.32. The third-order valence-electron chi connectivity index (χ3n) is 7.55. The van der Waals surface area contributed by atoms with Gasteiger partial charge in [-0.15, -0.1) is 22.7 Å². The Morgan fingerprint density at radius 2 is 1.82 bits per heavy atom. The minimum atomic E-state index is -3.64. The predicted octanol–water partition coefficient (Wildman–Crippen LogP) is 6.97. The number of rotatable bonds is 5. The van der Waals surface area contributed by atoms with Gasteiger partial charge in [-0.3, -0.25) is 4.79 Å². The summed E-state index contributed by atoms with van der Waals surface area (Å²) in [5, 5.41) is 4.87. The Kier molecular flexibility index (Phi) is 7.11. The van der Waals surface area contributed by atoms with Gasteiger partial charge in [0.1, 0.15) is 10.0 Å². The summed E-state index contributed by atoms with van der Waals surface area (Å²) >= 11 is 3.28. The second-order valence-electron chi connectivity index (χ2n) is 10.3. The van der Waals surface area contributed by atoms with Gasteiger partial charge in [0.2, 0.25) is 10.0 Å². The fourth-order valence-corrected chi connectivity index (χ4v) is 9.53. The van der Waals surface area contributed by atoms with Crippen molar-refractivity contribution in [1.29, 1.82) is 0 Å². The van der Waals surface area contributed by atoms with E-state index in [-0.39, 0.29) is 10.8 Å². The number of nitrogens with one attached hydrogen (secondary N) is 1. The third kappa shape index (κ3) is 4.93. The molecular formula is C29H31N3O3S3. The molecule has 1 aliphatic carbocycles. The number of hydrogen-bond donors (Lipinski definition) is 1. The molecule has 2 aliphatic rings. The predicted molar refractivity (Wildman–Crippen MR) is 156 cm³/mol. The summed E-state index contributed by atoms with van der Waals surface area (Å²) in [6, 6.07) is 14.6. The van der Waals surface area contributed by atoms with Crippen LogP contribution < -0.4 is 5.32 Å². The number of para-hydroxylation sites is 1. The zero-order valence-electron chi connectivity index (χ0n) is 21.4. The molecule has 0 unspecified atom stereocenters. The second-order valence-corrected chi connectivity index (χ2v) is 14.4. The van der Waals surface area contributed by atoms with E-state index in [1.165, 1.54) is 16.5 Å². The van der Waals surface area contributed by atoms with Crippen molar-refractivity contribution in [3.63, 3.8) is 0 Å². The number of sulfonamides is 1. The van der Waals surface area contributed by atoms with Gasteiger partial charge in [-0.1, -0.05) is 38.0 Å². The van der Waals surface area contributed by atoms with Gasteiger partial charge in [-0.2, -0.15) is 4.31 Å². The summed E-state index contributed by atoms with van der Waals surface area (Å²) in [5.74, 6) is 0.306. The Hall–Kier alpha value is -2.59. The minimum Gasteiger partial charge on any atom is -0.313 e. The number of fused-ring (bicyclic) bond motifs is 2. The van der Waals surface area contributed by atoms with Crippen molar-refractivity contribution in [2.24, 2.45) is 5.92 Å². The molecule has 0 radical (unpaired) electrons. The lowest BCUT2D eigenvalue weighted by molar-refractivity contribution is 0.102. The van der Waals surface area contributed by atoms with E-state index >= 15 is 0 Å². The molecule has 1 aliphatic heterocycles. The molecule has 6 nitrogen and oxygen atoms in total. The molecule has 6 rings (SSSR count). The van der Waals surface area contributed by atoms with E-state index < -0.39 is 10.0 Å². The van der Waals surface area contributed by atoms with Crippen LogP contribution in [0.3, 0.4) is 0 Å². The molecule has 1 atom stereocenters. The highest BCUT2D eigenvalue weighted by Gasteiger charge is 2.29. The monoisotopic (exact) mass is 565 g/mol. The normalized spacial score (nSPS) is 18.7. The number of carbonyl (C=O) groups is 1. The molecule has 198 valence electrons. The maximum Gasteiger partial charge on any atom is 0.256 e. The lowest BCUT2D eigenvalue weighted by atomic mass is 9.88. The van der Waals surface area contributed by atoms with Crippen molar-refractivity contribution in [3.05, 3.63) is 64.5 Å². The quantitative estimate of drug-likeness (QED) is 0.284. The van der Waals surface area contributed by atoms with Crippen LogP contribution in [0.15, 0.2) is 53.4 Å². The van der Waals surface area contributed by atoms with Crippen LogP contribution in [0.25, 0.3) is 20.8 Å². The summed E-state index contributed by atoms with van der Waals surface area (Å²) in [6.07, 6.45) is 6.93. The van der Waals surface area contributed by atoms with Gasteiger partial charge in [-0.05, 0) is 73.9 Å². The van der Waals surface area contributed by atoms with Crippen LogP contribution in [0.5, 0.6) is 0 Å². The molecule has 0 spiro atoms. The van der Waals surface area contributed by atoms with Crippen LogP contribution >= 0.6 is 22.7 Å². The highest BCUT2D eigenvalue weighted by Crippen LogP contribution is 2.47. The highest BCUT2D eigenvalue weighted by molar-refractivity contribution is 7.89. The Labute approximate surface area is 231 Å². The number of aromatic nitrogens is 1. The van der Waals surface area contributed by atoms with Crippen molar-refractivity contribution in [3.8, 4) is 10.6 Å². The molecule has 0 saturated carbocycles. The Bertz CT molecular complexity index is 1560. The Morgan fingerprint density at radius 1 is 1.03 bits per heavy atom. The number of anilines is 1. The van der Waals surface area contributed by atoms with Crippen molar-refractivity contribution in [1.82, 2.24) is 9.29 Å². The standard InChI is InChI=1S/C29H31N3O3S3/c1-19-13-14-22-25(17-19)37-29(26(22)28-30-23-11-4-5-12-24(23)36-28)31-27(33)20-9-8-10-21(18-20)38(34,35)32-15-6-2-3-7-16-32/h4-5,8-12,18-19H,2-3,6-7,13-17H2,1H3,(H,31,33)/t19-/m0/s1. The largest absolute Gasteiger partial charge is 0.313 e. The van der Waals surface area contributed by atoms with Crippen LogP contribution in [0.2, 0.25) is 0 Å². The van der Waals surface area contributed by atoms with Gasteiger partial charge < -0.3 is 5.32 Å². The summed E-state index contributed by atoms with van der Waals surface area (Å²) in [6.45, 7) is 3.33. The first kappa shape index (κ1) is 25.7. The molecule has 0 bridgehead atoms. The van der Waals surface area contributed by atoms with Crippen LogP contribution in [0.4, 0.5) is 5.00 Å². The first-order chi connectivity index (χ1) is 18.4. The number of thiazole rings is 1. The fourth-order valence-electron chi connectivity index (χ4n) is 5.45. The summed E-state index contributed by atoms with van der Waals surface area (Å²) < 4.78 is 29.4. The molecule has 1 saturated heterocycles. The van der Waals surface area contributed by atoms with Crippen molar-refractivity contribution >= 4 is 53.8 Å². The highest BCUT2D eigenvalue weighted by atomic mass is 32.2. The zero-order chi connectivity index (χ0) is 26.3. The Morgan fingerprint density at radius 3 is 2.61 bits per heavy atom. The van der Waals surface area contributed by atoms with Gasteiger partial charge in [0.15, 0.2) is 0 Å². The van der Waals surface area contributed by atoms with Crippen molar-refractivity contribution in [2.75, 3.05) is 18.4 Å². The summed E-state index contributed by atoms with van der Waals surface area (Å²) in [7, 11) is -3.64. The molecular weight excluding hydrogens is 535 g/mol. The molecule has 9 heteroatoms. The molecule has 1 amide bonds. The van der Waals surface area contributed by atoms with Crippen molar-refractivity contribution in [2.45, 2.75) is 56.8 Å². The zero-order valence-corrected chi connectivity index (χ0v) is 23.9. The molecule has 1 N–H and O–H groups in total. The van der Waals surface area contributed by atoms with Gasteiger partial charge in [-0.25, -0.2) is 13.4 Å². The number of carbonyl (C=O) groups excluding carboxylic acids is 1. The van der Waals surface area contributed by atoms with Crippen LogP contribution in [-0.2, 0) is 22.9 Å². The van der Waals surface area contributed by atoms with E-state index in [2.05, 4.69) is 18.3 Å². The van der Waals surface area contributed by atoms with E-state index in [0.717, 1.165) is 70.7 Å². The van der Waals surface area contributed by atoms with E-state index in [4.69, 9.17) is 4.98 Å². The fraction of sp³-hybridized carbons (Fsp3) is 0.379. The maximum atomic E-state index is 13.5. The van der Waals surface area contributed by atoms with Gasteiger partial charge in [0.25, 0.3) is 5.91 Å². The van der Waals surface area contributed by atoms with Crippen molar-refractivity contribution < 1.29 is 13.2 Å². The average Bonchev–Trinajstić information content (AvgIpc) is 3.36. The van der Waals surface area contributed by atoms with E-state index in [1.807, 2.05) is 18.2 Å². The molecule has 4 aromatic rings. The van der Waals surface area contributed by atoms with Gasteiger partial charge >= 0.3 is 0 Å². The molecule has 1 fully saturated rings. The van der Waals surface area contributed by atoms with Crippen LogP contribution in [0, 0.1) is 5.92 Å². The second kappa shape index (κ2) is 10.5. The SMILES string of the molecule is C[C@H]1CCc2c(sc(NC(=O)c3cccc(S(=O)(=O)N4CCCCCC4)c3)c2-c2nc3ccccc3s2)C1. The minimum absolute atomic E-state index is 0.178. The van der Waals surface area contributed by atoms with E-state index in [1.54, 1.807) is 45.2 Å². The van der Waals surface area contributed by atoms with Gasteiger partial charge in [0, 0.05) is 29.1 Å². The molecule has 38 heavy (non-hydrogen) atoms. The van der Waals surface area contributed by atoms with E-state index in [9.17, 15) is 13.2 Å². The first-order valence-electron chi connectivity index (χ1n) is 13.3. The Balaban J connectivity index is 1.34. The number of nitrogens with zero attached hydrogens (tertiary/aromatic N) is 2. The third-order valence-corrected chi connectivity index (χ3v) is 11.7. The number of benzene rings is 2. The lowest BCUT2D eigenvalue weighted by Gasteiger charge is -2.20. The van der Waals surface area contributed by atoms with Gasteiger partial charge in [0.05, 0.1) is 15.1 Å². The molecule has 2 aromatic heterocycles. The van der Waals surface area contributed by atoms with Crippen LogP contribution in [0.1, 0.15) is 59.8 Å². The summed E-state index contributed by atoms with van der Waals surface area (Å²) in [4.78, 5) is 19.9. The van der Waals surface area contributed by atoms with Crippen LogP contribution in [-0.4, -0.2) is 36.7 Å². The smallest absolute Gasteiger partial charge is 0.256 e. The maximum absolute atomic E-state index is 13.5.